The number of fused-ring (bicyclic) bond motifs is 1. The first-order valence-corrected chi connectivity index (χ1v) is 6.15. The monoisotopic (exact) mass is 266 g/mol. The molecule has 6 nitrogen and oxygen atoms in total. The molecule has 19 heavy (non-hydrogen) atoms. The lowest BCUT2D eigenvalue weighted by Gasteiger charge is -2.40. The van der Waals surface area contributed by atoms with Crippen molar-refractivity contribution in [1.82, 2.24) is 9.80 Å². The minimum atomic E-state index is -0.987. The van der Waals surface area contributed by atoms with Crippen LogP contribution in [-0.2, 0) is 14.4 Å². The van der Waals surface area contributed by atoms with Crippen LogP contribution >= 0.6 is 0 Å². The molecular weight excluding hydrogens is 248 g/mol. The number of carboxylic acid groups (broad SMARTS) is 1. The Balaban J connectivity index is 2.29. The molecule has 2 aliphatic rings. The molecule has 0 radical (unpaired) electrons. The van der Waals surface area contributed by atoms with Crippen molar-refractivity contribution in [2.75, 3.05) is 14.1 Å². The molecule has 1 N–H and O–H groups in total. The van der Waals surface area contributed by atoms with E-state index in [1.165, 1.54) is 15.9 Å². The van der Waals surface area contributed by atoms with Crippen molar-refractivity contribution in [3.05, 3.63) is 11.6 Å². The Kier molecular flexibility index (Phi) is 2.91. The Morgan fingerprint density at radius 2 is 2.00 bits per heavy atom. The number of carbonyl (C=O) groups is 3. The molecule has 2 heterocycles. The van der Waals surface area contributed by atoms with Gasteiger partial charge in [-0.25, -0.2) is 4.79 Å². The predicted molar refractivity (Wildman–Crippen MR) is 67.2 cm³/mol. The fourth-order valence-corrected chi connectivity index (χ4v) is 2.88. The van der Waals surface area contributed by atoms with Crippen molar-refractivity contribution in [3.63, 3.8) is 0 Å². The summed E-state index contributed by atoms with van der Waals surface area (Å²) in [6.07, 6.45) is 1.89. The summed E-state index contributed by atoms with van der Waals surface area (Å²) in [6, 6.07) is -1.05. The number of aliphatic carboxylic acids is 1. The van der Waals surface area contributed by atoms with E-state index in [0.717, 1.165) is 0 Å². The highest BCUT2D eigenvalue weighted by Gasteiger charge is 2.60. The van der Waals surface area contributed by atoms with Gasteiger partial charge in [0.15, 0.2) is 0 Å². The summed E-state index contributed by atoms with van der Waals surface area (Å²) in [7, 11) is 3.22. The predicted octanol–water partition coefficient (Wildman–Crippen LogP) is 0.0949. The number of amides is 2. The molecule has 0 aliphatic carbocycles. The summed E-state index contributed by atoms with van der Waals surface area (Å²) in [4.78, 5) is 37.7. The van der Waals surface area contributed by atoms with E-state index in [1.54, 1.807) is 14.1 Å². The molecule has 0 aromatic rings. The highest BCUT2D eigenvalue weighted by Crippen LogP contribution is 2.48. The lowest BCUT2D eigenvalue weighted by atomic mass is 9.83. The van der Waals surface area contributed by atoms with Crippen molar-refractivity contribution in [2.45, 2.75) is 32.4 Å². The number of carbonyl (C=O) groups excluding carboxylic acids is 2. The molecule has 2 rings (SSSR count). The highest BCUT2D eigenvalue weighted by atomic mass is 16.4. The third kappa shape index (κ3) is 1.91. The maximum atomic E-state index is 12.0. The minimum Gasteiger partial charge on any atom is -0.480 e. The van der Waals surface area contributed by atoms with Gasteiger partial charge in [0.05, 0.1) is 6.04 Å². The van der Waals surface area contributed by atoms with Crippen LogP contribution in [0.15, 0.2) is 11.6 Å². The maximum Gasteiger partial charge on any atom is 0.327 e. The van der Waals surface area contributed by atoms with Gasteiger partial charge in [0, 0.05) is 25.7 Å². The standard InChI is InChI=1S/C13H18N2O4/c1-13(2)6-8-7(5-9(16)14(3)4)11(17)15(8)10(13)12(18)19/h5,8,10H,6H2,1-4H3,(H,18,19)/b7-5+/t8?,10-/m0/s1. The van der Waals surface area contributed by atoms with E-state index < -0.39 is 17.4 Å². The first-order valence-electron chi connectivity index (χ1n) is 6.15. The zero-order valence-electron chi connectivity index (χ0n) is 11.5. The van der Waals surface area contributed by atoms with E-state index in [1.807, 2.05) is 13.8 Å². The van der Waals surface area contributed by atoms with E-state index in [2.05, 4.69) is 0 Å². The number of hydrogen-bond donors (Lipinski definition) is 1. The molecule has 104 valence electrons. The van der Waals surface area contributed by atoms with Crippen LogP contribution in [0, 0.1) is 5.41 Å². The smallest absolute Gasteiger partial charge is 0.327 e. The molecular formula is C13H18N2O4. The molecule has 2 aliphatic heterocycles. The largest absolute Gasteiger partial charge is 0.480 e. The summed E-state index contributed by atoms with van der Waals surface area (Å²) in [5.41, 5.74) is -0.0568. The quantitative estimate of drug-likeness (QED) is 0.568. The summed E-state index contributed by atoms with van der Waals surface area (Å²) in [6.45, 7) is 3.67. The molecule has 2 saturated heterocycles. The van der Waals surface area contributed by atoms with Gasteiger partial charge in [0.2, 0.25) is 5.91 Å². The number of carboxylic acids is 1. The van der Waals surface area contributed by atoms with Crippen LogP contribution in [-0.4, -0.2) is 58.9 Å². The van der Waals surface area contributed by atoms with Gasteiger partial charge in [0.25, 0.3) is 5.91 Å². The lowest BCUT2D eigenvalue weighted by molar-refractivity contribution is -0.154. The zero-order valence-corrected chi connectivity index (χ0v) is 11.5. The van der Waals surface area contributed by atoms with Crippen LogP contribution in [0.3, 0.4) is 0 Å². The second-order valence-corrected chi connectivity index (χ2v) is 5.99. The van der Waals surface area contributed by atoms with E-state index in [4.69, 9.17) is 0 Å². The number of rotatable bonds is 2. The van der Waals surface area contributed by atoms with Crippen LogP contribution in [0.4, 0.5) is 0 Å². The average molecular weight is 266 g/mol. The van der Waals surface area contributed by atoms with Crippen LogP contribution in [0.5, 0.6) is 0 Å². The summed E-state index contributed by atoms with van der Waals surface area (Å²) in [5, 5.41) is 9.26. The summed E-state index contributed by atoms with van der Waals surface area (Å²) in [5.74, 6) is -1.57. The molecule has 2 atom stereocenters. The van der Waals surface area contributed by atoms with Crippen molar-refractivity contribution < 1.29 is 19.5 Å². The van der Waals surface area contributed by atoms with Crippen molar-refractivity contribution in [2.24, 2.45) is 5.41 Å². The fraction of sp³-hybridized carbons (Fsp3) is 0.615. The molecule has 2 amide bonds. The van der Waals surface area contributed by atoms with Crippen LogP contribution in [0.25, 0.3) is 0 Å². The molecule has 2 fully saturated rings. The van der Waals surface area contributed by atoms with E-state index in [9.17, 15) is 19.5 Å². The van der Waals surface area contributed by atoms with Gasteiger partial charge >= 0.3 is 5.97 Å². The van der Waals surface area contributed by atoms with Gasteiger partial charge in [-0.15, -0.1) is 0 Å². The Labute approximate surface area is 111 Å². The zero-order chi connectivity index (χ0) is 14.5. The Morgan fingerprint density at radius 1 is 1.42 bits per heavy atom. The van der Waals surface area contributed by atoms with E-state index in [0.29, 0.717) is 12.0 Å². The molecule has 0 bridgehead atoms. The third-order valence-electron chi connectivity index (χ3n) is 3.87. The molecule has 1 unspecified atom stereocenters. The summed E-state index contributed by atoms with van der Waals surface area (Å²) < 4.78 is 0. The number of β-lactam (4-membered cyclic amide) rings is 1. The van der Waals surface area contributed by atoms with Gasteiger partial charge in [0.1, 0.15) is 6.04 Å². The molecule has 0 spiro atoms. The SMILES string of the molecule is CN(C)C(=O)/C=C1/C(=O)N2C1CC(C)(C)[C@@H]2C(=O)O. The number of hydrogen-bond acceptors (Lipinski definition) is 3. The highest BCUT2D eigenvalue weighted by molar-refractivity contribution is 6.09. The molecule has 0 saturated carbocycles. The summed E-state index contributed by atoms with van der Waals surface area (Å²) >= 11 is 0. The third-order valence-corrected chi connectivity index (χ3v) is 3.87. The normalized spacial score (nSPS) is 30.0. The number of likely N-dealkylation sites (N-methyl/N-ethyl adjacent to an activating group) is 1. The van der Waals surface area contributed by atoms with Crippen LogP contribution < -0.4 is 0 Å². The topological polar surface area (TPSA) is 77.9 Å². The van der Waals surface area contributed by atoms with Gasteiger partial charge in [-0.05, 0) is 11.8 Å². The molecule has 0 aromatic heterocycles. The van der Waals surface area contributed by atoms with Gasteiger partial charge in [-0.3, -0.25) is 9.59 Å². The second-order valence-electron chi connectivity index (χ2n) is 5.99. The lowest BCUT2D eigenvalue weighted by Crippen LogP contribution is -2.58. The van der Waals surface area contributed by atoms with Crippen molar-refractivity contribution >= 4 is 17.8 Å². The van der Waals surface area contributed by atoms with Crippen molar-refractivity contribution in [1.29, 1.82) is 0 Å². The second kappa shape index (κ2) is 4.08. The Hall–Kier alpha value is -1.85. The Morgan fingerprint density at radius 3 is 2.47 bits per heavy atom. The van der Waals surface area contributed by atoms with E-state index in [-0.39, 0.29) is 17.9 Å². The minimum absolute atomic E-state index is 0.243. The van der Waals surface area contributed by atoms with E-state index >= 15 is 0 Å². The molecule has 0 aromatic carbocycles. The first-order chi connectivity index (χ1) is 8.66. The average Bonchev–Trinajstić information content (AvgIpc) is 2.54. The first kappa shape index (κ1) is 13.6. The van der Waals surface area contributed by atoms with Gasteiger partial charge < -0.3 is 14.9 Å². The number of nitrogens with zero attached hydrogens (tertiary/aromatic N) is 2. The Bertz CT molecular complexity index is 493. The fourth-order valence-electron chi connectivity index (χ4n) is 2.88. The van der Waals surface area contributed by atoms with Crippen molar-refractivity contribution in [3.8, 4) is 0 Å². The maximum absolute atomic E-state index is 12.0. The van der Waals surface area contributed by atoms with Crippen LogP contribution in [0.1, 0.15) is 20.3 Å². The van der Waals surface area contributed by atoms with Gasteiger partial charge in [-0.2, -0.15) is 0 Å². The molecule has 6 heteroatoms. The van der Waals surface area contributed by atoms with Gasteiger partial charge in [-0.1, -0.05) is 13.8 Å². The van der Waals surface area contributed by atoms with Crippen LogP contribution in [0.2, 0.25) is 0 Å².